The van der Waals surface area contributed by atoms with Crippen molar-refractivity contribution in [2.45, 2.75) is 18.5 Å². The van der Waals surface area contributed by atoms with Gasteiger partial charge >= 0.3 is 0 Å². The van der Waals surface area contributed by atoms with Crippen molar-refractivity contribution in [2.75, 3.05) is 7.05 Å². The highest BCUT2D eigenvalue weighted by Crippen LogP contribution is 2.38. The third-order valence-electron chi connectivity index (χ3n) is 3.26. The highest BCUT2D eigenvalue weighted by molar-refractivity contribution is 5.91. The second-order valence-electron chi connectivity index (χ2n) is 3.89. The standard InChI is InChI=1S/C11H14N2O/c1-11(8-6-4-3-5-7-8)9(12)10(14)13(11)2/h3-7,9H,12H2,1-2H3/t9-,11+/m0/s1. The lowest BCUT2D eigenvalue weighted by Gasteiger charge is -2.53. The largest absolute Gasteiger partial charge is 0.333 e. The molecule has 0 saturated carbocycles. The molecule has 2 N–H and O–H groups in total. The molecule has 1 fully saturated rings. The minimum absolute atomic E-state index is 0.0105. The lowest BCUT2D eigenvalue weighted by Crippen LogP contribution is -2.72. The fraction of sp³-hybridized carbons (Fsp3) is 0.364. The van der Waals surface area contributed by atoms with E-state index < -0.39 is 6.04 Å². The fourth-order valence-electron chi connectivity index (χ4n) is 1.97. The second-order valence-corrected chi connectivity index (χ2v) is 3.89. The van der Waals surface area contributed by atoms with Gasteiger partial charge in [0.1, 0.15) is 6.04 Å². The maximum absolute atomic E-state index is 11.4. The van der Waals surface area contributed by atoms with Gasteiger partial charge in [0.05, 0.1) is 5.54 Å². The maximum Gasteiger partial charge on any atom is 0.242 e. The molecule has 1 amide bonds. The first-order valence-electron chi connectivity index (χ1n) is 4.67. The highest BCUT2D eigenvalue weighted by Gasteiger charge is 2.53. The number of rotatable bonds is 1. The van der Waals surface area contributed by atoms with Crippen molar-refractivity contribution in [2.24, 2.45) is 5.73 Å². The number of hydrogen-bond donors (Lipinski definition) is 1. The summed E-state index contributed by atoms with van der Waals surface area (Å²) in [6.45, 7) is 1.99. The summed E-state index contributed by atoms with van der Waals surface area (Å²) in [6.07, 6.45) is 0. The summed E-state index contributed by atoms with van der Waals surface area (Å²) in [7, 11) is 1.79. The molecule has 1 heterocycles. The Bertz CT molecular complexity index is 349. The first-order chi connectivity index (χ1) is 6.58. The molecule has 14 heavy (non-hydrogen) atoms. The molecule has 0 aliphatic carbocycles. The van der Waals surface area contributed by atoms with Crippen molar-refractivity contribution < 1.29 is 4.79 Å². The Kier molecular flexibility index (Phi) is 1.86. The van der Waals surface area contributed by atoms with Crippen LogP contribution in [0.5, 0.6) is 0 Å². The first kappa shape index (κ1) is 9.21. The molecular weight excluding hydrogens is 176 g/mol. The number of carbonyl (C=O) groups excluding carboxylic acids is 1. The summed E-state index contributed by atoms with van der Waals surface area (Å²) in [4.78, 5) is 13.1. The topological polar surface area (TPSA) is 46.3 Å². The van der Waals surface area contributed by atoms with Crippen molar-refractivity contribution in [3.63, 3.8) is 0 Å². The van der Waals surface area contributed by atoms with E-state index in [2.05, 4.69) is 0 Å². The maximum atomic E-state index is 11.4. The van der Waals surface area contributed by atoms with Crippen LogP contribution in [-0.2, 0) is 10.3 Å². The van der Waals surface area contributed by atoms with Gasteiger partial charge in [-0.3, -0.25) is 4.79 Å². The minimum atomic E-state index is -0.408. The van der Waals surface area contributed by atoms with Crippen molar-refractivity contribution >= 4 is 5.91 Å². The van der Waals surface area contributed by atoms with Crippen molar-refractivity contribution in [1.82, 2.24) is 4.90 Å². The highest BCUT2D eigenvalue weighted by atomic mass is 16.2. The second kappa shape index (κ2) is 2.82. The SMILES string of the molecule is CN1C(=O)[C@H](N)[C@@]1(C)c1ccccc1. The van der Waals surface area contributed by atoms with Gasteiger partial charge in [0.2, 0.25) is 5.91 Å². The zero-order valence-corrected chi connectivity index (χ0v) is 8.40. The number of hydrogen-bond acceptors (Lipinski definition) is 2. The molecule has 1 aliphatic heterocycles. The molecular formula is C11H14N2O. The Morgan fingerprint density at radius 1 is 1.36 bits per heavy atom. The van der Waals surface area contributed by atoms with E-state index in [0.29, 0.717) is 0 Å². The Balaban J connectivity index is 2.40. The van der Waals surface area contributed by atoms with E-state index in [1.54, 1.807) is 11.9 Å². The van der Waals surface area contributed by atoms with Gasteiger partial charge in [-0.25, -0.2) is 0 Å². The van der Waals surface area contributed by atoms with Crippen LogP contribution in [-0.4, -0.2) is 23.9 Å². The van der Waals surface area contributed by atoms with Crippen LogP contribution in [0.15, 0.2) is 30.3 Å². The molecule has 3 heteroatoms. The normalized spacial score (nSPS) is 31.5. The monoisotopic (exact) mass is 190 g/mol. The van der Waals surface area contributed by atoms with Crippen molar-refractivity contribution in [1.29, 1.82) is 0 Å². The van der Waals surface area contributed by atoms with Crippen LogP contribution in [0.3, 0.4) is 0 Å². The summed E-state index contributed by atoms with van der Waals surface area (Å²) in [5, 5.41) is 0. The molecule has 0 unspecified atom stereocenters. The molecule has 0 spiro atoms. The summed E-state index contributed by atoms with van der Waals surface area (Å²) in [5.41, 5.74) is 6.59. The quantitative estimate of drug-likeness (QED) is 0.663. The minimum Gasteiger partial charge on any atom is -0.333 e. The van der Waals surface area contributed by atoms with E-state index in [0.717, 1.165) is 5.56 Å². The number of β-lactam (4-membered cyclic amide) rings is 1. The molecule has 0 aromatic heterocycles. The Morgan fingerprint density at radius 2 is 1.93 bits per heavy atom. The molecule has 1 aromatic carbocycles. The van der Waals surface area contributed by atoms with Crippen LogP contribution in [0, 0.1) is 0 Å². The molecule has 0 radical (unpaired) electrons. The van der Waals surface area contributed by atoms with Gasteiger partial charge in [-0.15, -0.1) is 0 Å². The Hall–Kier alpha value is -1.35. The van der Waals surface area contributed by atoms with Gasteiger partial charge in [0.25, 0.3) is 0 Å². The van der Waals surface area contributed by atoms with E-state index in [9.17, 15) is 4.79 Å². The summed E-state index contributed by atoms with van der Waals surface area (Å²) >= 11 is 0. The number of carbonyl (C=O) groups is 1. The molecule has 74 valence electrons. The van der Waals surface area contributed by atoms with Crippen LogP contribution in [0.2, 0.25) is 0 Å². The van der Waals surface area contributed by atoms with Crippen LogP contribution in [0.1, 0.15) is 12.5 Å². The molecule has 1 aliphatic rings. The van der Waals surface area contributed by atoms with E-state index in [1.807, 2.05) is 37.3 Å². The summed E-state index contributed by atoms with van der Waals surface area (Å²) in [5.74, 6) is 0.0105. The third-order valence-corrected chi connectivity index (χ3v) is 3.26. The number of benzene rings is 1. The molecule has 0 bridgehead atoms. The average Bonchev–Trinajstić information content (AvgIpc) is 2.27. The Morgan fingerprint density at radius 3 is 2.43 bits per heavy atom. The molecule has 2 rings (SSSR count). The summed E-state index contributed by atoms with van der Waals surface area (Å²) in [6, 6.07) is 9.48. The van der Waals surface area contributed by atoms with Gasteiger partial charge < -0.3 is 10.6 Å². The number of nitrogens with zero attached hydrogens (tertiary/aromatic N) is 1. The number of amides is 1. The summed E-state index contributed by atoms with van der Waals surface area (Å²) < 4.78 is 0. The zero-order valence-electron chi connectivity index (χ0n) is 8.40. The van der Waals surface area contributed by atoms with Crippen molar-refractivity contribution in [3.8, 4) is 0 Å². The fourth-order valence-corrected chi connectivity index (χ4v) is 1.97. The zero-order chi connectivity index (χ0) is 10.3. The van der Waals surface area contributed by atoms with Crippen LogP contribution >= 0.6 is 0 Å². The van der Waals surface area contributed by atoms with Gasteiger partial charge in [-0.2, -0.15) is 0 Å². The predicted molar refractivity (Wildman–Crippen MR) is 54.5 cm³/mol. The van der Waals surface area contributed by atoms with E-state index in [-0.39, 0.29) is 11.4 Å². The lowest BCUT2D eigenvalue weighted by molar-refractivity contribution is -0.157. The van der Waals surface area contributed by atoms with Gasteiger partial charge in [-0.1, -0.05) is 30.3 Å². The van der Waals surface area contributed by atoms with Gasteiger partial charge in [-0.05, 0) is 12.5 Å². The van der Waals surface area contributed by atoms with Gasteiger partial charge in [0, 0.05) is 7.05 Å². The number of likely N-dealkylation sites (tertiary alicyclic amines) is 1. The number of nitrogens with two attached hydrogens (primary N) is 1. The van der Waals surface area contributed by atoms with Crippen molar-refractivity contribution in [3.05, 3.63) is 35.9 Å². The smallest absolute Gasteiger partial charge is 0.242 e. The molecule has 2 atom stereocenters. The molecule has 1 saturated heterocycles. The van der Waals surface area contributed by atoms with E-state index in [1.165, 1.54) is 0 Å². The predicted octanol–water partition coefficient (Wildman–Crippen LogP) is 0.701. The van der Waals surface area contributed by atoms with Gasteiger partial charge in [0.15, 0.2) is 0 Å². The van der Waals surface area contributed by atoms with Crippen LogP contribution in [0.25, 0.3) is 0 Å². The third kappa shape index (κ3) is 0.930. The molecule has 3 nitrogen and oxygen atoms in total. The van der Waals surface area contributed by atoms with E-state index >= 15 is 0 Å². The first-order valence-corrected chi connectivity index (χ1v) is 4.67. The van der Waals surface area contributed by atoms with E-state index in [4.69, 9.17) is 5.73 Å². The lowest BCUT2D eigenvalue weighted by atomic mass is 9.76. The van der Waals surface area contributed by atoms with Crippen LogP contribution < -0.4 is 5.73 Å². The number of likely N-dealkylation sites (N-methyl/N-ethyl adjacent to an activating group) is 1. The van der Waals surface area contributed by atoms with Crippen LogP contribution in [0.4, 0.5) is 0 Å². The molecule has 1 aromatic rings. The average molecular weight is 190 g/mol. The Labute approximate surface area is 83.5 Å².